The summed E-state index contributed by atoms with van der Waals surface area (Å²) < 4.78 is 24.7. The Labute approximate surface area is 397 Å². The molecule has 0 aromatic heterocycles. The fourth-order valence-corrected chi connectivity index (χ4v) is 10.0. The topological polar surface area (TPSA) is 67.0 Å². The van der Waals surface area contributed by atoms with Gasteiger partial charge in [0.1, 0.15) is 13.2 Å². The second-order valence-corrected chi connectivity index (χ2v) is 20.8. The summed E-state index contributed by atoms with van der Waals surface area (Å²) in [5.74, 6) is 1.01. The van der Waals surface area contributed by atoms with E-state index in [1.54, 1.807) is 5.57 Å². The first kappa shape index (κ1) is 57.1. The van der Waals surface area contributed by atoms with Gasteiger partial charge in [0.25, 0.3) is 0 Å². The summed E-state index contributed by atoms with van der Waals surface area (Å²) in [6.07, 6.45) is 58.5. The predicted octanol–water partition coefficient (Wildman–Crippen LogP) is 17.2. The molecular weight excluding hydrogens is 791 g/mol. The third-order valence-electron chi connectivity index (χ3n) is 14.7. The Morgan fingerprint density at radius 2 is 0.938 bits per heavy atom. The van der Waals surface area contributed by atoms with Gasteiger partial charge in [0, 0.05) is 19.4 Å². The highest BCUT2D eigenvalue weighted by Gasteiger charge is 2.46. The lowest BCUT2D eigenvalue weighted by Gasteiger charge is -2.19. The lowest BCUT2D eigenvalue weighted by atomic mass is 9.92. The summed E-state index contributed by atoms with van der Waals surface area (Å²) in [4.78, 5) is 2.32. The third-order valence-corrected chi connectivity index (χ3v) is 14.7. The Balaban J connectivity index is 1.31. The lowest BCUT2D eigenvalue weighted by molar-refractivity contribution is -0.0556. The molecule has 3 aliphatic rings. The van der Waals surface area contributed by atoms with Crippen molar-refractivity contribution in [1.82, 2.24) is 4.90 Å². The molecule has 1 N–H and O–H groups in total. The van der Waals surface area contributed by atoms with E-state index < -0.39 is 0 Å². The van der Waals surface area contributed by atoms with Gasteiger partial charge in [-0.05, 0) is 101 Å². The van der Waals surface area contributed by atoms with Gasteiger partial charge >= 0.3 is 0 Å². The molecule has 0 spiro atoms. The van der Waals surface area contributed by atoms with Crippen LogP contribution < -0.4 is 0 Å². The van der Waals surface area contributed by atoms with Crippen molar-refractivity contribution in [1.29, 1.82) is 0 Å². The van der Waals surface area contributed by atoms with Crippen molar-refractivity contribution in [2.45, 2.75) is 289 Å². The molecule has 0 aromatic rings. The Morgan fingerprint density at radius 3 is 1.45 bits per heavy atom. The predicted molar refractivity (Wildman–Crippen MR) is 273 cm³/mol. The van der Waals surface area contributed by atoms with Crippen LogP contribution in [0.25, 0.3) is 0 Å². The summed E-state index contributed by atoms with van der Waals surface area (Å²) in [6, 6.07) is 0. The van der Waals surface area contributed by atoms with Crippen LogP contribution in [0.1, 0.15) is 272 Å². The standard InChI is InChI=1S/C58H107NO5/c1-5-9-13-16-23-36-54(33-21-11-7-3)42-49-61-57(51-63-57)44-28-19-15-18-25-35-53(38-27-32-48-59-46-30-20-31-47-59)40-41-56(60)39-26-29-45-58(52-64-58)62-50-43-55(34-22-12-8-4)37-24-17-14-10-6-2/h30-31,40,46-47,54-56,60H,5-29,32-39,41-45,48-52H2,1-4H3/b53-40-. The molecule has 6 heteroatoms. The van der Waals surface area contributed by atoms with Crippen molar-refractivity contribution >= 4 is 0 Å². The van der Waals surface area contributed by atoms with E-state index >= 15 is 0 Å². The quantitative estimate of drug-likeness (QED) is 0.0373. The normalized spacial score (nSPS) is 20.9. The number of aliphatic hydroxyl groups is 1. The van der Waals surface area contributed by atoms with Crippen molar-refractivity contribution in [2.75, 3.05) is 33.0 Å². The molecule has 3 rings (SSSR count). The van der Waals surface area contributed by atoms with E-state index in [1.165, 1.54) is 193 Å². The molecule has 2 fully saturated rings. The van der Waals surface area contributed by atoms with Gasteiger partial charge in [-0.3, -0.25) is 0 Å². The molecule has 0 radical (unpaired) electrons. The van der Waals surface area contributed by atoms with Crippen LogP contribution in [0.2, 0.25) is 0 Å². The second-order valence-electron chi connectivity index (χ2n) is 20.8. The number of rotatable bonds is 48. The van der Waals surface area contributed by atoms with Crippen LogP contribution in [0.3, 0.4) is 0 Å². The summed E-state index contributed by atoms with van der Waals surface area (Å²) in [5, 5.41) is 11.1. The van der Waals surface area contributed by atoms with Gasteiger partial charge in [0.05, 0.1) is 19.3 Å². The molecule has 5 atom stereocenters. The van der Waals surface area contributed by atoms with Crippen LogP contribution >= 0.6 is 0 Å². The number of ether oxygens (including phenoxy) is 4. The van der Waals surface area contributed by atoms with Crippen LogP contribution in [0.15, 0.2) is 36.2 Å². The number of hydrogen-bond donors (Lipinski definition) is 1. The molecule has 374 valence electrons. The first-order valence-corrected chi connectivity index (χ1v) is 28.5. The van der Waals surface area contributed by atoms with E-state index in [9.17, 15) is 5.11 Å². The molecule has 0 aliphatic carbocycles. The smallest absolute Gasteiger partial charge is 0.192 e. The van der Waals surface area contributed by atoms with Crippen LogP contribution in [0.4, 0.5) is 0 Å². The Morgan fingerprint density at radius 1 is 0.531 bits per heavy atom. The molecule has 64 heavy (non-hydrogen) atoms. The minimum Gasteiger partial charge on any atom is -0.393 e. The molecule has 3 aliphatic heterocycles. The van der Waals surface area contributed by atoms with E-state index in [0.29, 0.717) is 0 Å². The highest BCUT2D eigenvalue weighted by atomic mass is 16.8. The van der Waals surface area contributed by atoms with Crippen LogP contribution in [0.5, 0.6) is 0 Å². The lowest BCUT2D eigenvalue weighted by Crippen LogP contribution is -2.19. The molecule has 6 nitrogen and oxygen atoms in total. The first-order chi connectivity index (χ1) is 31.4. The average Bonchev–Trinajstić information content (AvgIpc) is 4.25. The zero-order chi connectivity index (χ0) is 45.7. The zero-order valence-corrected chi connectivity index (χ0v) is 43.1. The number of allylic oxidation sites excluding steroid dienone is 3. The summed E-state index contributed by atoms with van der Waals surface area (Å²) >= 11 is 0. The molecular formula is C58H107NO5. The minimum atomic E-state index is -0.335. The SMILES string of the molecule is CCCCCCCC(CCCCC)CCOC1(CCCCCCC/C(=C/CC(O)CCCCC2(OCCC(CCCCC)CCCCCCC)CO2)CCCCN2C=CCC=C2)CO1. The fraction of sp³-hybridized carbons (Fsp3) is 0.897. The number of unbranched alkanes of at least 4 members (excludes halogenated alkanes) is 18. The van der Waals surface area contributed by atoms with Gasteiger partial charge in [0.2, 0.25) is 0 Å². The van der Waals surface area contributed by atoms with E-state index in [1.807, 2.05) is 0 Å². The summed E-state index contributed by atoms with van der Waals surface area (Å²) in [6.45, 7) is 13.5. The van der Waals surface area contributed by atoms with Crippen LogP contribution in [-0.4, -0.2) is 60.7 Å². The van der Waals surface area contributed by atoms with Crippen molar-refractivity contribution in [3.63, 3.8) is 0 Å². The average molecular weight is 898 g/mol. The summed E-state index contributed by atoms with van der Waals surface area (Å²) in [7, 11) is 0. The molecule has 5 unspecified atom stereocenters. The first-order valence-electron chi connectivity index (χ1n) is 28.5. The van der Waals surface area contributed by atoms with Crippen molar-refractivity contribution in [2.24, 2.45) is 11.8 Å². The van der Waals surface area contributed by atoms with Gasteiger partial charge in [-0.1, -0.05) is 206 Å². The van der Waals surface area contributed by atoms with Crippen LogP contribution in [-0.2, 0) is 18.9 Å². The molecule has 0 saturated carbocycles. The highest BCUT2D eigenvalue weighted by molar-refractivity contribution is 5.04. The van der Waals surface area contributed by atoms with Gasteiger partial charge in [0.15, 0.2) is 11.6 Å². The number of hydrogen-bond acceptors (Lipinski definition) is 6. The van der Waals surface area contributed by atoms with E-state index in [-0.39, 0.29) is 17.7 Å². The molecule has 0 bridgehead atoms. The van der Waals surface area contributed by atoms with Gasteiger partial charge in [-0.25, -0.2) is 0 Å². The fourth-order valence-electron chi connectivity index (χ4n) is 10.0. The Kier molecular flexibility index (Phi) is 33.7. The number of nitrogens with zero attached hydrogens (tertiary/aromatic N) is 1. The van der Waals surface area contributed by atoms with Gasteiger partial charge in [-0.2, -0.15) is 0 Å². The second kappa shape index (κ2) is 37.8. The van der Waals surface area contributed by atoms with Gasteiger partial charge in [-0.15, -0.1) is 0 Å². The van der Waals surface area contributed by atoms with Crippen LogP contribution in [0, 0.1) is 11.8 Å². The third kappa shape index (κ3) is 29.6. The van der Waals surface area contributed by atoms with Crippen molar-refractivity contribution in [3.8, 4) is 0 Å². The number of epoxide rings is 2. The monoisotopic (exact) mass is 898 g/mol. The van der Waals surface area contributed by atoms with E-state index in [2.05, 4.69) is 63.2 Å². The minimum absolute atomic E-state index is 0.265. The maximum absolute atomic E-state index is 11.1. The van der Waals surface area contributed by atoms with Gasteiger partial charge < -0.3 is 29.0 Å². The van der Waals surface area contributed by atoms with Crippen molar-refractivity contribution in [3.05, 3.63) is 36.2 Å². The zero-order valence-electron chi connectivity index (χ0n) is 43.1. The Bertz CT molecular complexity index is 1150. The maximum Gasteiger partial charge on any atom is 0.192 e. The van der Waals surface area contributed by atoms with E-state index in [4.69, 9.17) is 18.9 Å². The molecule has 2 saturated heterocycles. The maximum atomic E-state index is 11.1. The molecule has 0 aromatic carbocycles. The highest BCUT2D eigenvalue weighted by Crippen LogP contribution is 2.37. The largest absolute Gasteiger partial charge is 0.393 e. The van der Waals surface area contributed by atoms with Crippen molar-refractivity contribution < 1.29 is 24.1 Å². The summed E-state index contributed by atoms with van der Waals surface area (Å²) in [5.41, 5.74) is 1.56. The Hall–Kier alpha value is -1.18. The van der Waals surface area contributed by atoms with E-state index in [0.717, 1.165) is 96.2 Å². The number of aliphatic hydroxyl groups excluding tert-OH is 1. The molecule has 3 heterocycles. The molecule has 0 amide bonds.